The smallest absolute Gasteiger partial charge is 0.317 e. The number of hydrogen-bond acceptors (Lipinski definition) is 4. The van der Waals surface area contributed by atoms with E-state index in [1.807, 2.05) is 43.3 Å². The number of urea groups is 1. The zero-order valence-corrected chi connectivity index (χ0v) is 14.2. The Bertz CT molecular complexity index is 801. The highest BCUT2D eigenvalue weighted by Gasteiger charge is 2.17. The van der Waals surface area contributed by atoms with Crippen molar-refractivity contribution in [3.63, 3.8) is 0 Å². The lowest BCUT2D eigenvalue weighted by Crippen LogP contribution is -2.38. The fraction of sp³-hybridized carbons (Fsp3) is 0.222. The maximum absolute atomic E-state index is 12.4. The molecule has 128 valence electrons. The van der Waals surface area contributed by atoms with Crippen LogP contribution in [0.25, 0.3) is 5.69 Å². The van der Waals surface area contributed by atoms with E-state index in [2.05, 4.69) is 20.4 Å². The van der Waals surface area contributed by atoms with Crippen LogP contribution in [0.1, 0.15) is 24.1 Å². The third-order valence-corrected chi connectivity index (χ3v) is 4.13. The predicted octanol–water partition coefficient (Wildman–Crippen LogP) is 2.56. The van der Waals surface area contributed by atoms with Crippen LogP contribution in [0, 0.1) is 0 Å². The largest absolute Gasteiger partial charge is 0.334 e. The normalized spacial score (nSPS) is 11.8. The molecule has 2 amide bonds. The lowest BCUT2D eigenvalue weighted by atomic mass is 10.1. The van der Waals surface area contributed by atoms with Crippen molar-refractivity contribution in [2.75, 3.05) is 7.05 Å². The summed E-state index contributed by atoms with van der Waals surface area (Å²) in [6, 6.07) is 11.5. The van der Waals surface area contributed by atoms with Gasteiger partial charge in [-0.3, -0.25) is 4.98 Å². The number of carbonyl (C=O) groups is 1. The summed E-state index contributed by atoms with van der Waals surface area (Å²) < 4.78 is 1.69. The summed E-state index contributed by atoms with van der Waals surface area (Å²) in [6.07, 6.45) is 6.60. The van der Waals surface area contributed by atoms with Gasteiger partial charge in [-0.15, -0.1) is 0 Å². The number of pyridine rings is 1. The van der Waals surface area contributed by atoms with E-state index >= 15 is 0 Å². The highest BCUT2D eigenvalue weighted by Crippen LogP contribution is 2.20. The molecule has 7 heteroatoms. The molecule has 0 saturated heterocycles. The molecule has 3 aromatic rings. The average Bonchev–Trinajstić information content (AvgIpc) is 3.20. The van der Waals surface area contributed by atoms with E-state index in [1.54, 1.807) is 35.4 Å². The van der Waals surface area contributed by atoms with Gasteiger partial charge >= 0.3 is 6.03 Å². The number of benzene rings is 1. The molecule has 2 heterocycles. The molecule has 0 fully saturated rings. The van der Waals surface area contributed by atoms with Crippen molar-refractivity contribution in [2.24, 2.45) is 0 Å². The van der Waals surface area contributed by atoms with Gasteiger partial charge in [-0.1, -0.05) is 18.2 Å². The van der Waals surface area contributed by atoms with Crippen LogP contribution in [0.4, 0.5) is 4.79 Å². The minimum absolute atomic E-state index is 0.0568. The van der Waals surface area contributed by atoms with Gasteiger partial charge in [0.05, 0.1) is 11.7 Å². The minimum Gasteiger partial charge on any atom is -0.334 e. The Labute approximate surface area is 146 Å². The number of hydrogen-bond donors (Lipinski definition) is 1. The molecular formula is C18H20N6O. The molecule has 0 bridgehead atoms. The van der Waals surface area contributed by atoms with E-state index in [-0.39, 0.29) is 12.1 Å². The van der Waals surface area contributed by atoms with Crippen LogP contribution in [-0.2, 0) is 6.54 Å². The van der Waals surface area contributed by atoms with Gasteiger partial charge in [0.2, 0.25) is 0 Å². The molecule has 0 unspecified atom stereocenters. The fourth-order valence-corrected chi connectivity index (χ4v) is 2.45. The Morgan fingerprint density at radius 1 is 1.24 bits per heavy atom. The molecule has 25 heavy (non-hydrogen) atoms. The van der Waals surface area contributed by atoms with Crippen LogP contribution in [0.5, 0.6) is 0 Å². The predicted molar refractivity (Wildman–Crippen MR) is 94.0 cm³/mol. The standard InChI is InChI=1S/C18H20N6O/c1-14(16-5-7-17(8-6-16)24-13-20-12-22-24)23(2)18(25)21-11-15-4-3-9-19-10-15/h3-10,12-14H,11H2,1-2H3,(H,21,25)/t14-/m0/s1. The Morgan fingerprint density at radius 3 is 2.68 bits per heavy atom. The lowest BCUT2D eigenvalue weighted by molar-refractivity contribution is 0.194. The molecule has 2 aromatic heterocycles. The number of rotatable bonds is 5. The molecule has 0 saturated carbocycles. The van der Waals surface area contributed by atoms with Crippen LogP contribution in [0.2, 0.25) is 0 Å². The summed E-state index contributed by atoms with van der Waals surface area (Å²) >= 11 is 0. The summed E-state index contributed by atoms with van der Waals surface area (Å²) in [5.74, 6) is 0. The lowest BCUT2D eigenvalue weighted by Gasteiger charge is -2.25. The monoisotopic (exact) mass is 336 g/mol. The number of nitrogens with one attached hydrogen (secondary N) is 1. The van der Waals surface area contributed by atoms with Crippen molar-refractivity contribution in [3.05, 3.63) is 72.6 Å². The first-order chi connectivity index (χ1) is 12.1. The summed E-state index contributed by atoms with van der Waals surface area (Å²) in [6.45, 7) is 2.45. The van der Waals surface area contributed by atoms with Crippen molar-refractivity contribution in [3.8, 4) is 5.69 Å². The first-order valence-corrected chi connectivity index (χ1v) is 7.99. The van der Waals surface area contributed by atoms with Gasteiger partial charge in [0, 0.05) is 26.0 Å². The number of nitrogens with zero attached hydrogens (tertiary/aromatic N) is 5. The van der Waals surface area contributed by atoms with E-state index in [0.29, 0.717) is 6.54 Å². The second-order valence-corrected chi connectivity index (χ2v) is 5.74. The van der Waals surface area contributed by atoms with Gasteiger partial charge in [-0.05, 0) is 36.2 Å². The summed E-state index contributed by atoms with van der Waals surface area (Å²) in [5.41, 5.74) is 2.94. The second kappa shape index (κ2) is 7.57. The van der Waals surface area contributed by atoms with Crippen molar-refractivity contribution in [1.82, 2.24) is 30.0 Å². The summed E-state index contributed by atoms with van der Waals surface area (Å²) in [4.78, 5) is 22.0. The Hall–Kier alpha value is -3.22. The van der Waals surface area contributed by atoms with Crippen LogP contribution in [0.15, 0.2) is 61.4 Å². The van der Waals surface area contributed by atoms with Gasteiger partial charge in [0.15, 0.2) is 0 Å². The maximum atomic E-state index is 12.4. The molecule has 1 aromatic carbocycles. The third-order valence-electron chi connectivity index (χ3n) is 4.13. The van der Waals surface area contributed by atoms with Crippen LogP contribution >= 0.6 is 0 Å². The highest BCUT2D eigenvalue weighted by atomic mass is 16.2. The van der Waals surface area contributed by atoms with E-state index in [1.165, 1.54) is 6.33 Å². The van der Waals surface area contributed by atoms with Crippen molar-refractivity contribution in [1.29, 1.82) is 0 Å². The molecular weight excluding hydrogens is 316 g/mol. The number of aromatic nitrogens is 4. The first-order valence-electron chi connectivity index (χ1n) is 7.99. The SMILES string of the molecule is C[C@@H](c1ccc(-n2cncn2)cc1)N(C)C(=O)NCc1cccnc1. The van der Waals surface area contributed by atoms with E-state index in [0.717, 1.165) is 16.8 Å². The van der Waals surface area contributed by atoms with Crippen molar-refractivity contribution < 1.29 is 4.79 Å². The van der Waals surface area contributed by atoms with Crippen LogP contribution < -0.4 is 5.32 Å². The van der Waals surface area contributed by atoms with Gasteiger partial charge in [0.1, 0.15) is 12.7 Å². The molecule has 1 N–H and O–H groups in total. The van der Waals surface area contributed by atoms with Gasteiger partial charge in [0.25, 0.3) is 0 Å². The van der Waals surface area contributed by atoms with E-state index in [4.69, 9.17) is 0 Å². The van der Waals surface area contributed by atoms with Gasteiger partial charge in [-0.25, -0.2) is 14.5 Å². The third kappa shape index (κ3) is 4.00. The minimum atomic E-state index is -0.128. The molecule has 0 radical (unpaired) electrons. The fourth-order valence-electron chi connectivity index (χ4n) is 2.45. The second-order valence-electron chi connectivity index (χ2n) is 5.74. The molecule has 0 aliphatic heterocycles. The Balaban J connectivity index is 1.61. The highest BCUT2D eigenvalue weighted by molar-refractivity contribution is 5.74. The van der Waals surface area contributed by atoms with Crippen molar-refractivity contribution in [2.45, 2.75) is 19.5 Å². The molecule has 1 atom stereocenters. The van der Waals surface area contributed by atoms with E-state index in [9.17, 15) is 4.79 Å². The number of carbonyl (C=O) groups excluding carboxylic acids is 1. The summed E-state index contributed by atoms with van der Waals surface area (Å²) in [5, 5.41) is 7.01. The maximum Gasteiger partial charge on any atom is 0.317 e. The topological polar surface area (TPSA) is 75.9 Å². The van der Waals surface area contributed by atoms with Crippen LogP contribution in [0.3, 0.4) is 0 Å². The average molecular weight is 336 g/mol. The first kappa shape index (κ1) is 16.6. The molecule has 0 aliphatic carbocycles. The zero-order valence-electron chi connectivity index (χ0n) is 14.2. The zero-order chi connectivity index (χ0) is 17.6. The molecule has 0 spiro atoms. The van der Waals surface area contributed by atoms with Crippen LogP contribution in [-0.4, -0.2) is 37.7 Å². The summed E-state index contributed by atoms with van der Waals surface area (Å²) in [7, 11) is 1.79. The Kier molecular flexibility index (Phi) is 5.03. The molecule has 0 aliphatic rings. The van der Waals surface area contributed by atoms with Gasteiger partial charge in [-0.2, -0.15) is 5.10 Å². The molecule has 3 rings (SSSR count). The van der Waals surface area contributed by atoms with Crippen molar-refractivity contribution >= 4 is 6.03 Å². The van der Waals surface area contributed by atoms with Gasteiger partial charge < -0.3 is 10.2 Å². The van der Waals surface area contributed by atoms with E-state index < -0.39 is 0 Å². The number of amides is 2. The quantitative estimate of drug-likeness (QED) is 0.777. The Morgan fingerprint density at radius 2 is 2.04 bits per heavy atom. The molecule has 7 nitrogen and oxygen atoms in total.